The minimum absolute atomic E-state index is 0.0678. The van der Waals surface area contributed by atoms with Crippen molar-refractivity contribution in [3.05, 3.63) is 51.6 Å². The van der Waals surface area contributed by atoms with E-state index in [-0.39, 0.29) is 37.5 Å². The van der Waals surface area contributed by atoms with E-state index in [1.807, 2.05) is 0 Å². The Hall–Kier alpha value is -2.18. The average molecular weight is 536 g/mol. The summed E-state index contributed by atoms with van der Waals surface area (Å²) < 4.78 is 71.2. The van der Waals surface area contributed by atoms with E-state index in [0.29, 0.717) is 21.4 Å². The van der Waals surface area contributed by atoms with Gasteiger partial charge in [0.15, 0.2) is 0 Å². The minimum Gasteiger partial charge on any atom is -0.469 e. The maximum atomic E-state index is 13.2. The van der Waals surface area contributed by atoms with Gasteiger partial charge in [-0.3, -0.25) is 4.79 Å². The lowest BCUT2D eigenvalue weighted by molar-refractivity contribution is -0.140. The summed E-state index contributed by atoms with van der Waals surface area (Å²) in [6.07, 6.45) is -3.77. The van der Waals surface area contributed by atoms with Gasteiger partial charge in [-0.1, -0.05) is 15.9 Å². The van der Waals surface area contributed by atoms with Gasteiger partial charge in [0.1, 0.15) is 5.82 Å². The highest BCUT2D eigenvalue weighted by Crippen LogP contribution is 2.31. The summed E-state index contributed by atoms with van der Waals surface area (Å²) in [5.41, 5.74) is 0.330. The molecule has 0 radical (unpaired) electrons. The first-order chi connectivity index (χ1) is 14.9. The number of esters is 1. The predicted octanol–water partition coefficient (Wildman–Crippen LogP) is 3.40. The van der Waals surface area contributed by atoms with Gasteiger partial charge in [0, 0.05) is 36.8 Å². The molecule has 32 heavy (non-hydrogen) atoms. The van der Waals surface area contributed by atoms with Gasteiger partial charge >= 0.3 is 12.1 Å². The lowest BCUT2D eigenvalue weighted by atomic mass is 10.1. The van der Waals surface area contributed by atoms with Gasteiger partial charge in [-0.05, 0) is 42.3 Å². The largest absolute Gasteiger partial charge is 0.469 e. The van der Waals surface area contributed by atoms with Crippen LogP contribution >= 0.6 is 15.9 Å². The maximum absolute atomic E-state index is 13.2. The molecule has 0 aliphatic carbocycles. The highest BCUT2D eigenvalue weighted by atomic mass is 79.9. The molecule has 12 heteroatoms. The van der Waals surface area contributed by atoms with E-state index in [0.717, 1.165) is 12.3 Å². The van der Waals surface area contributed by atoms with Crippen LogP contribution in [-0.2, 0) is 32.2 Å². The number of piperazine rings is 1. The van der Waals surface area contributed by atoms with Gasteiger partial charge in [0.25, 0.3) is 0 Å². The van der Waals surface area contributed by atoms with Crippen LogP contribution < -0.4 is 4.90 Å². The zero-order valence-corrected chi connectivity index (χ0v) is 19.7. The molecule has 2 aromatic rings. The summed E-state index contributed by atoms with van der Waals surface area (Å²) in [6, 6.07) is 5.22. The Morgan fingerprint density at radius 3 is 2.38 bits per heavy atom. The highest BCUT2D eigenvalue weighted by Gasteiger charge is 2.32. The zero-order chi connectivity index (χ0) is 23.7. The first kappa shape index (κ1) is 24.5. The molecule has 1 aromatic heterocycles. The van der Waals surface area contributed by atoms with E-state index >= 15 is 0 Å². The van der Waals surface area contributed by atoms with E-state index in [1.165, 1.54) is 29.6 Å². The average Bonchev–Trinajstić information content (AvgIpc) is 2.76. The van der Waals surface area contributed by atoms with Crippen LogP contribution in [0, 0.1) is 6.92 Å². The summed E-state index contributed by atoms with van der Waals surface area (Å²) in [5, 5.41) is 0. The Morgan fingerprint density at radius 1 is 1.19 bits per heavy atom. The summed E-state index contributed by atoms with van der Waals surface area (Å²) in [7, 11) is -2.57. The van der Waals surface area contributed by atoms with Crippen molar-refractivity contribution in [3.8, 4) is 0 Å². The number of carbonyl (C=O) groups is 1. The second kappa shape index (κ2) is 9.36. The Labute approximate surface area is 192 Å². The third-order valence-electron chi connectivity index (χ3n) is 5.14. The van der Waals surface area contributed by atoms with Crippen LogP contribution in [0.5, 0.6) is 0 Å². The number of sulfonamides is 1. The number of alkyl halides is 3. The summed E-state index contributed by atoms with van der Waals surface area (Å²) in [5.74, 6) is -0.132. The van der Waals surface area contributed by atoms with Crippen molar-refractivity contribution in [2.75, 3.05) is 38.2 Å². The molecule has 1 aliphatic heterocycles. The maximum Gasteiger partial charge on any atom is 0.417 e. The van der Waals surface area contributed by atoms with Gasteiger partial charge in [-0.25, -0.2) is 13.4 Å². The number of benzene rings is 1. The number of methoxy groups -OCH3 is 1. The summed E-state index contributed by atoms with van der Waals surface area (Å²) in [4.78, 5) is 17.4. The molecule has 0 bridgehead atoms. The normalized spacial score (nSPS) is 15.6. The van der Waals surface area contributed by atoms with E-state index in [2.05, 4.69) is 25.7 Å². The van der Waals surface area contributed by atoms with Gasteiger partial charge in [-0.2, -0.15) is 17.5 Å². The number of ether oxygens (including phenoxy) is 1. The molecular weight excluding hydrogens is 515 g/mol. The van der Waals surface area contributed by atoms with Crippen molar-refractivity contribution < 1.29 is 31.1 Å². The van der Waals surface area contributed by atoms with Crippen LogP contribution in [-0.4, -0.2) is 57.0 Å². The molecule has 2 heterocycles. The van der Waals surface area contributed by atoms with Crippen LogP contribution in [0.25, 0.3) is 0 Å². The SMILES string of the molecule is COC(=O)Cc1cc(S(=O)(=O)N2CCN(c3ccc(C(F)(F)F)cn3)CC2)cc(C)c1Br. The first-order valence-electron chi connectivity index (χ1n) is 9.57. The molecule has 0 amide bonds. The molecule has 3 rings (SSSR count). The van der Waals surface area contributed by atoms with Gasteiger partial charge in [-0.15, -0.1) is 0 Å². The smallest absolute Gasteiger partial charge is 0.417 e. The molecule has 1 aliphatic rings. The zero-order valence-electron chi connectivity index (χ0n) is 17.3. The van der Waals surface area contributed by atoms with Crippen molar-refractivity contribution in [1.82, 2.24) is 9.29 Å². The fourth-order valence-corrected chi connectivity index (χ4v) is 5.29. The molecule has 1 fully saturated rings. The number of nitrogens with zero attached hydrogens (tertiary/aromatic N) is 3. The molecule has 0 unspecified atom stereocenters. The fraction of sp³-hybridized carbons (Fsp3) is 0.400. The molecule has 1 saturated heterocycles. The van der Waals surface area contributed by atoms with Gasteiger partial charge in [0.2, 0.25) is 10.0 Å². The Morgan fingerprint density at radius 2 is 1.84 bits per heavy atom. The molecule has 7 nitrogen and oxygen atoms in total. The first-order valence-corrected chi connectivity index (χ1v) is 11.8. The number of halogens is 4. The topological polar surface area (TPSA) is 79.8 Å². The highest BCUT2D eigenvalue weighted by molar-refractivity contribution is 9.10. The standard InChI is InChI=1S/C20H21BrF3N3O4S/c1-13-9-16(10-14(19(13)21)11-18(28)31-2)32(29,30)27-7-5-26(6-8-27)17-4-3-15(12-25-17)20(22,23)24/h3-4,9-10,12H,5-8,11H2,1-2H3. The van der Waals surface area contributed by atoms with Crippen LogP contribution in [0.3, 0.4) is 0 Å². The van der Waals surface area contributed by atoms with Crippen LogP contribution in [0.1, 0.15) is 16.7 Å². The third-order valence-corrected chi connectivity index (χ3v) is 8.15. The second-order valence-corrected chi connectivity index (χ2v) is 9.99. The molecule has 0 spiro atoms. The molecule has 0 atom stereocenters. The molecule has 1 aromatic carbocycles. The Kier molecular flexibility index (Phi) is 7.15. The molecular formula is C20H21BrF3N3O4S. The van der Waals surface area contributed by atoms with Gasteiger partial charge < -0.3 is 9.64 Å². The molecule has 0 N–H and O–H groups in total. The van der Waals surface area contributed by atoms with Crippen LogP contribution in [0.4, 0.5) is 19.0 Å². The quantitative estimate of drug-likeness (QED) is 0.546. The van der Waals surface area contributed by atoms with Crippen LogP contribution in [0.2, 0.25) is 0 Å². The minimum atomic E-state index is -4.46. The number of carbonyl (C=O) groups excluding carboxylic acids is 1. The molecule has 0 saturated carbocycles. The monoisotopic (exact) mass is 535 g/mol. The Bertz CT molecular complexity index is 1100. The van der Waals surface area contributed by atoms with Crippen LogP contribution in [0.15, 0.2) is 39.8 Å². The van der Waals surface area contributed by atoms with Crippen molar-refractivity contribution in [2.24, 2.45) is 0 Å². The number of aromatic nitrogens is 1. The number of anilines is 1. The van der Waals surface area contributed by atoms with Crippen molar-refractivity contribution >= 4 is 37.7 Å². The van der Waals surface area contributed by atoms with Crippen molar-refractivity contribution in [2.45, 2.75) is 24.4 Å². The number of hydrogen-bond donors (Lipinski definition) is 0. The summed E-state index contributed by atoms with van der Waals surface area (Å²) >= 11 is 3.39. The predicted molar refractivity (Wildman–Crippen MR) is 115 cm³/mol. The second-order valence-electron chi connectivity index (χ2n) is 7.26. The van der Waals surface area contributed by atoms with Gasteiger partial charge in [0.05, 0.1) is 24.0 Å². The summed E-state index contributed by atoms with van der Waals surface area (Å²) in [6.45, 7) is 2.58. The fourth-order valence-electron chi connectivity index (χ4n) is 3.36. The van der Waals surface area contributed by atoms with E-state index in [9.17, 15) is 26.4 Å². The van der Waals surface area contributed by atoms with E-state index in [1.54, 1.807) is 11.8 Å². The molecule has 174 valence electrons. The number of pyridine rings is 1. The Balaban J connectivity index is 1.75. The number of rotatable bonds is 5. The lowest BCUT2D eigenvalue weighted by Crippen LogP contribution is -2.49. The van der Waals surface area contributed by atoms with Crippen molar-refractivity contribution in [1.29, 1.82) is 0 Å². The van der Waals surface area contributed by atoms with E-state index in [4.69, 9.17) is 0 Å². The lowest BCUT2D eigenvalue weighted by Gasteiger charge is -2.34. The number of aryl methyl sites for hydroxylation is 1. The number of hydrogen-bond acceptors (Lipinski definition) is 6. The third kappa shape index (κ3) is 5.24. The van der Waals surface area contributed by atoms with E-state index < -0.39 is 27.7 Å². The van der Waals surface area contributed by atoms with Crippen molar-refractivity contribution in [3.63, 3.8) is 0 Å².